The standard InChI is InChI=1S/C22H25N3O6S/c1-5-31-22(27)20(24-23)21(26)15(3)19(16-8-10-17(30-4)11-9-16)25-32(28,29)18-12-6-14(2)7-13-18/h6-13,15,19,25H,5H2,1-4H3. The average molecular weight is 460 g/mol. The first-order chi connectivity index (χ1) is 15.1. The second kappa shape index (κ2) is 10.8. The van der Waals surface area contributed by atoms with Gasteiger partial charge in [0.25, 0.3) is 5.78 Å². The van der Waals surface area contributed by atoms with Gasteiger partial charge in [-0.15, -0.1) is 0 Å². The number of esters is 1. The van der Waals surface area contributed by atoms with Crippen LogP contribution in [0.4, 0.5) is 0 Å². The lowest BCUT2D eigenvalue weighted by molar-refractivity contribution is -0.142. The number of hydrogen-bond donors (Lipinski definition) is 1. The first-order valence-corrected chi connectivity index (χ1v) is 11.3. The van der Waals surface area contributed by atoms with E-state index in [0.29, 0.717) is 11.3 Å². The van der Waals surface area contributed by atoms with Crippen LogP contribution in [0.3, 0.4) is 0 Å². The van der Waals surface area contributed by atoms with Crippen LogP contribution in [0.5, 0.6) is 5.75 Å². The molecule has 0 saturated heterocycles. The molecule has 0 aliphatic heterocycles. The van der Waals surface area contributed by atoms with E-state index in [1.54, 1.807) is 36.4 Å². The summed E-state index contributed by atoms with van der Waals surface area (Å²) in [5.41, 5.74) is 9.73. The third-order valence-electron chi connectivity index (χ3n) is 4.80. The number of aryl methyl sites for hydroxylation is 1. The molecule has 0 aromatic heterocycles. The number of nitrogens with one attached hydrogen (secondary N) is 1. The topological polar surface area (TPSA) is 135 Å². The summed E-state index contributed by atoms with van der Waals surface area (Å²) in [5, 5.41) is 0. The van der Waals surface area contributed by atoms with Crippen molar-refractivity contribution in [3.05, 3.63) is 65.2 Å². The summed E-state index contributed by atoms with van der Waals surface area (Å²) in [5.74, 6) is -2.55. The largest absolute Gasteiger partial charge is 0.497 e. The molecule has 9 nitrogen and oxygen atoms in total. The Morgan fingerprint density at radius 1 is 1.09 bits per heavy atom. The number of methoxy groups -OCH3 is 1. The first kappa shape index (κ1) is 24.9. The zero-order chi connectivity index (χ0) is 23.9. The van der Waals surface area contributed by atoms with Crippen LogP contribution in [0.1, 0.15) is 31.0 Å². The smallest absolute Gasteiger partial charge is 0.441 e. The van der Waals surface area contributed by atoms with Crippen molar-refractivity contribution in [2.45, 2.75) is 31.7 Å². The Labute approximate surface area is 187 Å². The van der Waals surface area contributed by atoms with Crippen molar-refractivity contribution in [1.82, 2.24) is 4.72 Å². The molecule has 2 unspecified atom stereocenters. The molecular formula is C22H25N3O6S. The van der Waals surface area contributed by atoms with Crippen LogP contribution in [0.15, 0.2) is 53.4 Å². The predicted octanol–water partition coefficient (Wildman–Crippen LogP) is 2.46. The summed E-state index contributed by atoms with van der Waals surface area (Å²) < 4.78 is 38.5. The molecule has 0 bridgehead atoms. The number of rotatable bonds is 10. The van der Waals surface area contributed by atoms with E-state index >= 15 is 0 Å². The molecule has 0 aliphatic rings. The highest BCUT2D eigenvalue weighted by atomic mass is 32.2. The number of carbonyl (C=O) groups excluding carboxylic acids is 2. The van der Waals surface area contributed by atoms with Gasteiger partial charge < -0.3 is 15.0 Å². The minimum Gasteiger partial charge on any atom is -0.497 e. The van der Waals surface area contributed by atoms with Crippen molar-refractivity contribution >= 4 is 27.5 Å². The zero-order valence-electron chi connectivity index (χ0n) is 18.2. The van der Waals surface area contributed by atoms with Crippen molar-refractivity contribution in [2.75, 3.05) is 13.7 Å². The monoisotopic (exact) mass is 459 g/mol. The van der Waals surface area contributed by atoms with E-state index in [0.717, 1.165) is 5.56 Å². The minimum absolute atomic E-state index is 0.0164. The molecular weight excluding hydrogens is 434 g/mol. The molecule has 0 fully saturated rings. The lowest BCUT2D eigenvalue weighted by Gasteiger charge is -2.24. The maximum Gasteiger partial charge on any atom is 0.441 e. The lowest BCUT2D eigenvalue weighted by atomic mass is 9.89. The average Bonchev–Trinajstić information content (AvgIpc) is 2.78. The second-order valence-corrected chi connectivity index (χ2v) is 8.72. The third kappa shape index (κ3) is 5.88. The Bertz CT molecular complexity index is 1120. The molecule has 0 aliphatic carbocycles. The number of sulfonamides is 1. The summed E-state index contributed by atoms with van der Waals surface area (Å²) in [4.78, 5) is 27.8. The zero-order valence-corrected chi connectivity index (χ0v) is 19.0. The van der Waals surface area contributed by atoms with Gasteiger partial charge in [-0.2, -0.15) is 4.79 Å². The number of benzene rings is 2. The van der Waals surface area contributed by atoms with E-state index in [4.69, 9.17) is 9.47 Å². The predicted molar refractivity (Wildman–Crippen MR) is 117 cm³/mol. The van der Waals surface area contributed by atoms with Crippen molar-refractivity contribution < 1.29 is 32.3 Å². The van der Waals surface area contributed by atoms with Gasteiger partial charge in [0.05, 0.1) is 24.7 Å². The van der Waals surface area contributed by atoms with E-state index in [9.17, 15) is 23.5 Å². The van der Waals surface area contributed by atoms with Gasteiger partial charge in [-0.1, -0.05) is 36.8 Å². The van der Waals surface area contributed by atoms with E-state index in [-0.39, 0.29) is 11.5 Å². The molecule has 2 rings (SSSR count). The van der Waals surface area contributed by atoms with Crippen LogP contribution < -0.4 is 9.46 Å². The minimum atomic E-state index is -4.03. The molecule has 0 amide bonds. The molecule has 2 atom stereocenters. The molecule has 1 N–H and O–H groups in total. The molecule has 32 heavy (non-hydrogen) atoms. The van der Waals surface area contributed by atoms with E-state index in [1.165, 1.54) is 33.1 Å². The van der Waals surface area contributed by atoms with Crippen LogP contribution in [0.2, 0.25) is 0 Å². The number of carbonyl (C=O) groups is 2. The van der Waals surface area contributed by atoms with Gasteiger partial charge in [0.1, 0.15) is 5.75 Å². The van der Waals surface area contributed by atoms with Crippen LogP contribution in [-0.2, 0) is 24.3 Å². The van der Waals surface area contributed by atoms with E-state index in [2.05, 4.69) is 9.51 Å². The molecule has 10 heteroatoms. The molecule has 2 aromatic carbocycles. The highest BCUT2D eigenvalue weighted by Gasteiger charge is 2.40. The summed E-state index contributed by atoms with van der Waals surface area (Å²) in [6, 6.07) is 11.6. The fourth-order valence-electron chi connectivity index (χ4n) is 2.98. The van der Waals surface area contributed by atoms with Gasteiger partial charge in [0.15, 0.2) is 0 Å². The number of ether oxygens (including phenoxy) is 2. The van der Waals surface area contributed by atoms with Gasteiger partial charge in [-0.25, -0.2) is 17.9 Å². The van der Waals surface area contributed by atoms with Crippen LogP contribution in [0.25, 0.3) is 5.53 Å². The Morgan fingerprint density at radius 2 is 1.69 bits per heavy atom. The number of hydrogen-bond acceptors (Lipinski definition) is 6. The number of nitrogens with zero attached hydrogens (tertiary/aromatic N) is 2. The quantitative estimate of drug-likeness (QED) is 0.191. The number of ketones is 1. The molecule has 170 valence electrons. The maximum atomic E-state index is 13.0. The Hall–Kier alpha value is -3.33. The van der Waals surface area contributed by atoms with E-state index in [1.807, 2.05) is 6.92 Å². The highest BCUT2D eigenvalue weighted by molar-refractivity contribution is 7.89. The highest BCUT2D eigenvalue weighted by Crippen LogP contribution is 2.27. The van der Waals surface area contributed by atoms with Crippen molar-refractivity contribution in [3.8, 4) is 5.75 Å². The van der Waals surface area contributed by atoms with Crippen molar-refractivity contribution in [1.29, 1.82) is 0 Å². The van der Waals surface area contributed by atoms with Gasteiger partial charge >= 0.3 is 11.7 Å². The molecule has 0 spiro atoms. The van der Waals surface area contributed by atoms with Gasteiger partial charge in [-0.05, 0) is 43.7 Å². The molecule has 0 saturated carbocycles. The van der Waals surface area contributed by atoms with E-state index < -0.39 is 39.4 Å². The van der Waals surface area contributed by atoms with Crippen LogP contribution >= 0.6 is 0 Å². The van der Waals surface area contributed by atoms with Gasteiger partial charge in [-0.3, -0.25) is 4.79 Å². The fourth-order valence-corrected chi connectivity index (χ4v) is 4.28. The maximum absolute atomic E-state index is 13.0. The van der Waals surface area contributed by atoms with Crippen molar-refractivity contribution in [3.63, 3.8) is 0 Å². The Kier molecular flexibility index (Phi) is 8.42. The third-order valence-corrected chi connectivity index (χ3v) is 6.26. The molecule has 0 heterocycles. The van der Waals surface area contributed by atoms with Gasteiger partial charge in [0, 0.05) is 5.92 Å². The second-order valence-electron chi connectivity index (χ2n) is 7.01. The molecule has 2 aromatic rings. The SMILES string of the molecule is CCOC(=O)C(=[N+]=[N-])C(=O)C(C)C(NS(=O)(=O)c1ccc(C)cc1)c1ccc(OC)cc1. The van der Waals surface area contributed by atoms with Gasteiger partial charge in [0.2, 0.25) is 10.0 Å². The Morgan fingerprint density at radius 3 is 2.19 bits per heavy atom. The summed E-state index contributed by atoms with van der Waals surface area (Å²) in [6.45, 7) is 4.77. The van der Waals surface area contributed by atoms with Crippen LogP contribution in [0, 0.1) is 12.8 Å². The molecule has 0 radical (unpaired) electrons. The van der Waals surface area contributed by atoms with Crippen LogP contribution in [-0.4, -0.2) is 44.4 Å². The Balaban J connectivity index is 2.48. The summed E-state index contributed by atoms with van der Waals surface area (Å²) in [7, 11) is -2.55. The lowest BCUT2D eigenvalue weighted by Crippen LogP contribution is -2.40. The normalized spacial score (nSPS) is 12.9. The first-order valence-electron chi connectivity index (χ1n) is 9.81. The summed E-state index contributed by atoms with van der Waals surface area (Å²) >= 11 is 0. The fraction of sp³-hybridized carbons (Fsp3) is 0.318. The number of Topliss-reactive ketones (excluding diaryl/α,β-unsaturated/α-hetero) is 1. The summed E-state index contributed by atoms with van der Waals surface area (Å²) in [6.07, 6.45) is 0. The van der Waals surface area contributed by atoms with Crippen molar-refractivity contribution in [2.24, 2.45) is 5.92 Å².